The number of aromatic nitrogens is 2. The van der Waals surface area contributed by atoms with Crippen molar-refractivity contribution in [3.63, 3.8) is 0 Å². The molecular formula is C25H27N3O2S. The van der Waals surface area contributed by atoms with Crippen LogP contribution >= 0.6 is 11.3 Å². The Bertz CT molecular complexity index is 1080. The van der Waals surface area contributed by atoms with E-state index in [1.165, 1.54) is 4.88 Å². The summed E-state index contributed by atoms with van der Waals surface area (Å²) in [7, 11) is 0. The quantitative estimate of drug-likeness (QED) is 0.361. The molecule has 0 bridgehead atoms. The molecule has 1 aromatic carbocycles. The molecule has 0 unspecified atom stereocenters. The molecule has 2 aromatic heterocycles. The van der Waals surface area contributed by atoms with Crippen LogP contribution < -0.4 is 5.32 Å². The molecule has 0 saturated carbocycles. The number of nitrogens with zero attached hydrogens (tertiary/aromatic N) is 2. The first-order valence-corrected chi connectivity index (χ1v) is 11.1. The van der Waals surface area contributed by atoms with Gasteiger partial charge in [0.05, 0.1) is 11.3 Å². The normalized spacial score (nSPS) is 11.0. The summed E-state index contributed by atoms with van der Waals surface area (Å²) >= 11 is 1.67. The summed E-state index contributed by atoms with van der Waals surface area (Å²) in [5.41, 5.74) is 3.50. The highest BCUT2D eigenvalue weighted by Crippen LogP contribution is 2.30. The van der Waals surface area contributed by atoms with Gasteiger partial charge in [0.2, 0.25) is 0 Å². The van der Waals surface area contributed by atoms with Gasteiger partial charge in [-0.15, -0.1) is 17.9 Å². The molecule has 0 spiro atoms. The molecule has 5 nitrogen and oxygen atoms in total. The number of carboxylic acids is 1. The summed E-state index contributed by atoms with van der Waals surface area (Å²) in [6.07, 6.45) is 9.04. The third kappa shape index (κ3) is 6.12. The molecule has 0 amide bonds. The Morgan fingerprint density at radius 1 is 1.19 bits per heavy atom. The van der Waals surface area contributed by atoms with Crippen molar-refractivity contribution < 1.29 is 9.90 Å². The van der Waals surface area contributed by atoms with Gasteiger partial charge in [-0.05, 0) is 55.7 Å². The minimum atomic E-state index is -0.843. The van der Waals surface area contributed by atoms with E-state index in [9.17, 15) is 4.79 Å². The molecule has 0 atom stereocenters. The Labute approximate surface area is 187 Å². The lowest BCUT2D eigenvalue weighted by molar-refractivity contribution is -0.136. The molecule has 0 aliphatic heterocycles. The first-order valence-electron chi connectivity index (χ1n) is 10.3. The summed E-state index contributed by atoms with van der Waals surface area (Å²) in [5, 5.41) is 12.3. The number of hydrogen-bond acceptors (Lipinski definition) is 5. The Morgan fingerprint density at radius 2 is 1.97 bits per heavy atom. The predicted octanol–water partition coefficient (Wildman–Crippen LogP) is 6.43. The summed E-state index contributed by atoms with van der Waals surface area (Å²) in [6.45, 7) is 8.01. The van der Waals surface area contributed by atoms with Crippen molar-refractivity contribution in [2.45, 2.75) is 39.5 Å². The Balaban J connectivity index is 1.90. The van der Waals surface area contributed by atoms with Crippen LogP contribution in [0.5, 0.6) is 0 Å². The van der Waals surface area contributed by atoms with Crippen molar-refractivity contribution in [1.82, 2.24) is 9.97 Å². The van der Waals surface area contributed by atoms with Crippen LogP contribution in [0.2, 0.25) is 0 Å². The SMILES string of the molecule is C=CCc1c(C)nc(-c2ccc(C=CCCC)s2)nc1Nc1ccc(CC(=O)O)cc1. The van der Waals surface area contributed by atoms with E-state index in [-0.39, 0.29) is 6.42 Å². The molecule has 160 valence electrons. The number of aliphatic carboxylic acids is 1. The largest absolute Gasteiger partial charge is 0.481 e. The third-order valence-corrected chi connectivity index (χ3v) is 5.77. The summed E-state index contributed by atoms with van der Waals surface area (Å²) in [6, 6.07) is 11.5. The van der Waals surface area contributed by atoms with Crippen LogP contribution in [0.4, 0.5) is 11.5 Å². The Kier molecular flexibility index (Phi) is 7.73. The molecule has 2 heterocycles. The minimum Gasteiger partial charge on any atom is -0.481 e. The molecule has 2 N–H and O–H groups in total. The van der Waals surface area contributed by atoms with Crippen LogP contribution in [-0.4, -0.2) is 21.0 Å². The van der Waals surface area contributed by atoms with Gasteiger partial charge in [0.25, 0.3) is 0 Å². The topological polar surface area (TPSA) is 75.1 Å². The van der Waals surface area contributed by atoms with Gasteiger partial charge in [0.15, 0.2) is 5.82 Å². The van der Waals surface area contributed by atoms with Crippen LogP contribution in [0.25, 0.3) is 16.8 Å². The molecule has 0 aliphatic carbocycles. The van der Waals surface area contributed by atoms with Crippen molar-refractivity contribution in [3.8, 4) is 10.7 Å². The smallest absolute Gasteiger partial charge is 0.307 e. The molecule has 6 heteroatoms. The van der Waals surface area contributed by atoms with Crippen LogP contribution in [0.1, 0.15) is 41.5 Å². The fraction of sp³-hybridized carbons (Fsp3) is 0.240. The van der Waals surface area contributed by atoms with Gasteiger partial charge in [-0.25, -0.2) is 9.97 Å². The highest BCUT2D eigenvalue weighted by molar-refractivity contribution is 7.16. The number of allylic oxidation sites excluding steroid dienone is 2. The predicted molar refractivity (Wildman–Crippen MR) is 129 cm³/mol. The van der Waals surface area contributed by atoms with Crippen LogP contribution in [0.15, 0.2) is 55.1 Å². The highest BCUT2D eigenvalue weighted by Gasteiger charge is 2.14. The van der Waals surface area contributed by atoms with Gasteiger partial charge in [-0.1, -0.05) is 37.6 Å². The third-order valence-electron chi connectivity index (χ3n) is 4.72. The lowest BCUT2D eigenvalue weighted by Gasteiger charge is -2.14. The maximum atomic E-state index is 10.9. The van der Waals surface area contributed by atoms with E-state index in [0.29, 0.717) is 12.2 Å². The molecule has 3 aromatic rings. The number of rotatable bonds is 10. The summed E-state index contributed by atoms with van der Waals surface area (Å²) < 4.78 is 0. The number of nitrogens with one attached hydrogen (secondary N) is 1. The Morgan fingerprint density at radius 3 is 2.65 bits per heavy atom. The van der Waals surface area contributed by atoms with Crippen molar-refractivity contribution >= 4 is 34.9 Å². The number of aryl methyl sites for hydroxylation is 1. The van der Waals surface area contributed by atoms with E-state index in [1.54, 1.807) is 11.3 Å². The van der Waals surface area contributed by atoms with E-state index in [4.69, 9.17) is 15.1 Å². The van der Waals surface area contributed by atoms with Crippen molar-refractivity contribution in [2.24, 2.45) is 0 Å². The number of carboxylic acid groups (broad SMARTS) is 1. The number of benzene rings is 1. The number of thiophene rings is 1. The standard InChI is InChI=1S/C25H27N3O2S/c1-4-6-7-9-20-14-15-22(31-20)25-26-17(3)21(8-5-2)24(28-25)27-19-12-10-18(11-13-19)16-23(29)30/h5,7,9-15H,2,4,6,8,16H2,1,3H3,(H,29,30)(H,26,27,28). The number of anilines is 2. The second-order valence-electron chi connectivity index (χ2n) is 7.24. The van der Waals surface area contributed by atoms with Gasteiger partial charge in [-0.3, -0.25) is 4.79 Å². The molecule has 3 rings (SSSR count). The molecule has 0 radical (unpaired) electrons. The van der Waals surface area contributed by atoms with Crippen LogP contribution in [0, 0.1) is 6.92 Å². The summed E-state index contributed by atoms with van der Waals surface area (Å²) in [4.78, 5) is 22.7. The second-order valence-corrected chi connectivity index (χ2v) is 8.35. The number of hydrogen-bond donors (Lipinski definition) is 2. The van der Waals surface area contributed by atoms with Gasteiger partial charge in [0, 0.05) is 21.8 Å². The average molecular weight is 434 g/mol. The lowest BCUT2D eigenvalue weighted by Crippen LogP contribution is -2.05. The molecule has 0 fully saturated rings. The first-order chi connectivity index (χ1) is 15.0. The lowest BCUT2D eigenvalue weighted by atomic mass is 10.1. The van der Waals surface area contributed by atoms with E-state index < -0.39 is 5.97 Å². The van der Waals surface area contributed by atoms with Gasteiger partial charge in [0.1, 0.15) is 5.82 Å². The molecule has 0 aliphatic rings. The monoisotopic (exact) mass is 433 g/mol. The number of unbranched alkanes of at least 4 members (excludes halogenated alkanes) is 1. The highest BCUT2D eigenvalue weighted by atomic mass is 32.1. The second kappa shape index (κ2) is 10.7. The fourth-order valence-electron chi connectivity index (χ4n) is 3.14. The van der Waals surface area contributed by atoms with E-state index in [2.05, 4.69) is 43.1 Å². The maximum absolute atomic E-state index is 10.9. The van der Waals surface area contributed by atoms with Gasteiger partial charge >= 0.3 is 5.97 Å². The van der Waals surface area contributed by atoms with Crippen molar-refractivity contribution in [3.05, 3.63) is 76.8 Å². The van der Waals surface area contributed by atoms with Crippen LogP contribution in [-0.2, 0) is 17.6 Å². The average Bonchev–Trinajstić information content (AvgIpc) is 3.20. The van der Waals surface area contributed by atoms with Gasteiger partial charge in [-0.2, -0.15) is 0 Å². The fourth-order valence-corrected chi connectivity index (χ4v) is 4.02. The molecular weight excluding hydrogens is 406 g/mol. The molecule has 31 heavy (non-hydrogen) atoms. The zero-order chi connectivity index (χ0) is 22.2. The first kappa shape index (κ1) is 22.4. The minimum absolute atomic E-state index is 0.00612. The van der Waals surface area contributed by atoms with Crippen molar-refractivity contribution in [2.75, 3.05) is 5.32 Å². The zero-order valence-corrected chi connectivity index (χ0v) is 18.7. The maximum Gasteiger partial charge on any atom is 0.307 e. The van der Waals surface area contributed by atoms with Crippen molar-refractivity contribution in [1.29, 1.82) is 0 Å². The van der Waals surface area contributed by atoms with Gasteiger partial charge < -0.3 is 10.4 Å². The van der Waals surface area contributed by atoms with E-state index in [0.717, 1.165) is 46.0 Å². The molecule has 0 saturated heterocycles. The van der Waals surface area contributed by atoms with E-state index >= 15 is 0 Å². The Hall–Kier alpha value is -3.25. The van der Waals surface area contributed by atoms with Crippen LogP contribution in [0.3, 0.4) is 0 Å². The zero-order valence-electron chi connectivity index (χ0n) is 17.9. The van der Waals surface area contributed by atoms with E-state index in [1.807, 2.05) is 37.3 Å². The summed E-state index contributed by atoms with van der Waals surface area (Å²) in [5.74, 6) is 0.588. The number of carbonyl (C=O) groups is 1.